The molecule has 2 aromatic heterocycles. The molecule has 0 saturated carbocycles. The van der Waals surface area contributed by atoms with Gasteiger partial charge >= 0.3 is 0 Å². The molecule has 1 atom stereocenters. The van der Waals surface area contributed by atoms with E-state index >= 15 is 0 Å². The number of hydrogen-bond acceptors (Lipinski definition) is 6. The van der Waals surface area contributed by atoms with Gasteiger partial charge in [0.2, 0.25) is 0 Å². The molecule has 1 amide bonds. The van der Waals surface area contributed by atoms with Crippen molar-refractivity contribution in [2.75, 3.05) is 13.7 Å². The van der Waals surface area contributed by atoms with Gasteiger partial charge < -0.3 is 14.6 Å². The smallest absolute Gasteiger partial charge is 0.251 e. The molecule has 28 heavy (non-hydrogen) atoms. The molecule has 1 N–H and O–H groups in total. The zero-order valence-corrected chi connectivity index (χ0v) is 16.8. The van der Waals surface area contributed by atoms with Crippen molar-refractivity contribution >= 4 is 17.2 Å². The van der Waals surface area contributed by atoms with E-state index in [9.17, 15) is 9.18 Å². The summed E-state index contributed by atoms with van der Waals surface area (Å²) in [5.74, 6) is -0.227. The Hall–Kier alpha value is -2.65. The Kier molecular flexibility index (Phi) is 6.48. The number of nitrogens with zero attached hydrogens (tertiary/aromatic N) is 4. The lowest BCUT2D eigenvalue weighted by Gasteiger charge is -2.15. The van der Waals surface area contributed by atoms with Crippen molar-refractivity contribution in [3.8, 4) is 11.3 Å². The van der Waals surface area contributed by atoms with Gasteiger partial charge in [-0.1, -0.05) is 0 Å². The topological polar surface area (TPSA) is 81.9 Å². The van der Waals surface area contributed by atoms with Crippen LogP contribution in [0.4, 0.5) is 4.39 Å². The monoisotopic (exact) mass is 403 g/mol. The average molecular weight is 403 g/mol. The molecular weight excluding hydrogens is 381 g/mol. The molecule has 9 heteroatoms. The fraction of sp³-hybridized carbons (Fsp3) is 0.368. The molecule has 7 nitrogen and oxygen atoms in total. The lowest BCUT2D eigenvalue weighted by Crippen LogP contribution is -2.29. The lowest BCUT2D eigenvalue weighted by molar-refractivity contribution is 0.0937. The van der Waals surface area contributed by atoms with Crippen LogP contribution in [0.25, 0.3) is 11.3 Å². The third-order valence-corrected chi connectivity index (χ3v) is 5.06. The maximum atomic E-state index is 14.1. The van der Waals surface area contributed by atoms with Crippen LogP contribution in [0.5, 0.6) is 0 Å². The summed E-state index contributed by atoms with van der Waals surface area (Å²) < 4.78 is 21.1. The number of hydrogen-bond donors (Lipinski definition) is 1. The van der Waals surface area contributed by atoms with Gasteiger partial charge in [0.1, 0.15) is 12.1 Å². The van der Waals surface area contributed by atoms with Crippen LogP contribution in [0.3, 0.4) is 0 Å². The minimum Gasteiger partial charge on any atom is -0.385 e. The number of nitrogens with one attached hydrogen (secondary N) is 1. The van der Waals surface area contributed by atoms with Crippen LogP contribution in [0.2, 0.25) is 0 Å². The van der Waals surface area contributed by atoms with Gasteiger partial charge in [-0.2, -0.15) is 0 Å². The quantitative estimate of drug-likeness (QED) is 0.583. The van der Waals surface area contributed by atoms with Crippen molar-refractivity contribution in [1.82, 2.24) is 25.1 Å². The van der Waals surface area contributed by atoms with Crippen molar-refractivity contribution in [3.05, 3.63) is 52.1 Å². The predicted molar refractivity (Wildman–Crippen MR) is 105 cm³/mol. The first-order valence-corrected chi connectivity index (χ1v) is 9.76. The molecule has 148 valence electrons. The van der Waals surface area contributed by atoms with Gasteiger partial charge in [-0.3, -0.25) is 4.79 Å². The van der Waals surface area contributed by atoms with Crippen LogP contribution in [-0.4, -0.2) is 39.4 Å². The maximum absolute atomic E-state index is 14.1. The molecule has 0 aliphatic heterocycles. The summed E-state index contributed by atoms with van der Waals surface area (Å²) in [5.41, 5.74) is 3.21. The summed E-state index contributed by atoms with van der Waals surface area (Å²) in [4.78, 5) is 17.9. The normalized spacial score (nSPS) is 12.1. The molecule has 0 bridgehead atoms. The number of thiazole rings is 1. The molecule has 0 fully saturated rings. The molecular formula is C19H22FN5O2S. The van der Waals surface area contributed by atoms with Crippen molar-refractivity contribution in [3.63, 3.8) is 0 Å². The number of amides is 1. The number of benzene rings is 1. The zero-order valence-electron chi connectivity index (χ0n) is 16.0. The first kappa shape index (κ1) is 20.1. The van der Waals surface area contributed by atoms with Crippen molar-refractivity contribution in [1.29, 1.82) is 0 Å². The van der Waals surface area contributed by atoms with E-state index in [4.69, 9.17) is 4.74 Å². The van der Waals surface area contributed by atoms with E-state index in [0.717, 1.165) is 11.3 Å². The van der Waals surface area contributed by atoms with Gasteiger partial charge in [-0.25, -0.2) is 9.37 Å². The molecule has 3 aromatic rings. The molecule has 1 aromatic carbocycles. The molecule has 0 aliphatic carbocycles. The number of carbonyl (C=O) groups excluding carboxylic acids is 1. The maximum Gasteiger partial charge on any atom is 0.251 e. The third-order valence-electron chi connectivity index (χ3n) is 4.31. The first-order valence-electron chi connectivity index (χ1n) is 8.88. The van der Waals surface area contributed by atoms with Gasteiger partial charge in [-0.15, -0.1) is 21.5 Å². The molecule has 0 saturated heterocycles. The summed E-state index contributed by atoms with van der Waals surface area (Å²) in [6.45, 7) is 5.04. The molecule has 0 aliphatic rings. The van der Waals surface area contributed by atoms with E-state index in [0.29, 0.717) is 30.2 Å². The van der Waals surface area contributed by atoms with E-state index in [2.05, 4.69) is 20.5 Å². The number of halogens is 1. The first-order chi connectivity index (χ1) is 13.5. The highest BCUT2D eigenvalue weighted by Crippen LogP contribution is 2.26. The summed E-state index contributed by atoms with van der Waals surface area (Å²) in [6.07, 6.45) is 2.43. The summed E-state index contributed by atoms with van der Waals surface area (Å²) in [6, 6.07) is 3.87. The zero-order chi connectivity index (χ0) is 20.1. The number of ether oxygens (including phenoxy) is 1. The fourth-order valence-electron chi connectivity index (χ4n) is 2.94. The van der Waals surface area contributed by atoms with E-state index in [1.165, 1.54) is 23.5 Å². The van der Waals surface area contributed by atoms with Crippen LogP contribution in [-0.2, 0) is 11.3 Å². The third kappa shape index (κ3) is 4.60. The Bertz CT molecular complexity index is 955. The van der Waals surface area contributed by atoms with Crippen LogP contribution in [0.1, 0.15) is 40.4 Å². The van der Waals surface area contributed by atoms with Crippen molar-refractivity contribution < 1.29 is 13.9 Å². The number of methoxy groups -OCH3 is 1. The SMILES string of the molecule is COCCCn1cnnc1C(C)NC(=O)c1cc(F)cc(-c2ncsc2C)c1. The Morgan fingerprint density at radius 2 is 2.21 bits per heavy atom. The van der Waals surface area contributed by atoms with Crippen LogP contribution >= 0.6 is 11.3 Å². The standard InChI is InChI=1S/C19H22FN5O2S/c1-12(18-24-22-10-25(18)5-4-6-27-3)23-19(26)15-7-14(8-16(20)9-15)17-13(2)28-11-21-17/h7-12H,4-6H2,1-3H3,(H,23,26). The van der Waals surface area contributed by atoms with Gasteiger partial charge in [-0.05, 0) is 38.5 Å². The number of rotatable bonds is 8. The molecule has 0 radical (unpaired) electrons. The number of carbonyl (C=O) groups is 1. The minimum atomic E-state index is -0.481. The second-order valence-corrected chi connectivity index (χ2v) is 7.47. The van der Waals surface area contributed by atoms with E-state index in [1.54, 1.807) is 25.0 Å². The van der Waals surface area contributed by atoms with Gasteiger partial charge in [0, 0.05) is 36.3 Å². The highest BCUT2D eigenvalue weighted by atomic mass is 32.1. The second kappa shape index (κ2) is 9.03. The van der Waals surface area contributed by atoms with Crippen LogP contribution in [0, 0.1) is 12.7 Å². The minimum absolute atomic E-state index is 0.236. The van der Waals surface area contributed by atoms with E-state index in [-0.39, 0.29) is 17.5 Å². The Morgan fingerprint density at radius 1 is 1.39 bits per heavy atom. The Labute approximate surface area is 166 Å². The van der Waals surface area contributed by atoms with Gasteiger partial charge in [0.05, 0.1) is 17.2 Å². The molecule has 0 spiro atoms. The summed E-state index contributed by atoms with van der Waals surface area (Å²) >= 11 is 1.48. The lowest BCUT2D eigenvalue weighted by atomic mass is 10.1. The van der Waals surface area contributed by atoms with Crippen molar-refractivity contribution in [2.45, 2.75) is 32.9 Å². The number of aromatic nitrogens is 4. The molecule has 3 rings (SSSR count). The van der Waals surface area contributed by atoms with Gasteiger partial charge in [0.15, 0.2) is 5.82 Å². The highest BCUT2D eigenvalue weighted by molar-refractivity contribution is 7.10. The summed E-state index contributed by atoms with van der Waals surface area (Å²) in [5, 5.41) is 10.9. The highest BCUT2D eigenvalue weighted by Gasteiger charge is 2.18. The number of aryl methyl sites for hydroxylation is 2. The van der Waals surface area contributed by atoms with E-state index < -0.39 is 5.82 Å². The predicted octanol–water partition coefficient (Wildman–Crippen LogP) is 3.38. The molecule has 2 heterocycles. The Morgan fingerprint density at radius 3 is 2.93 bits per heavy atom. The average Bonchev–Trinajstić information content (AvgIpc) is 3.30. The molecule has 1 unspecified atom stereocenters. The Balaban J connectivity index is 1.76. The summed E-state index contributed by atoms with van der Waals surface area (Å²) in [7, 11) is 1.65. The largest absolute Gasteiger partial charge is 0.385 e. The fourth-order valence-corrected chi connectivity index (χ4v) is 3.53. The van der Waals surface area contributed by atoms with Crippen LogP contribution < -0.4 is 5.32 Å². The van der Waals surface area contributed by atoms with Crippen LogP contribution in [0.15, 0.2) is 30.0 Å². The van der Waals surface area contributed by atoms with E-state index in [1.807, 2.05) is 18.4 Å². The van der Waals surface area contributed by atoms with Crippen molar-refractivity contribution in [2.24, 2.45) is 0 Å². The second-order valence-electron chi connectivity index (χ2n) is 6.41. The van der Waals surface area contributed by atoms with Gasteiger partial charge in [0.25, 0.3) is 5.91 Å².